The third kappa shape index (κ3) is 4.24. The van der Waals surface area contributed by atoms with E-state index in [0.29, 0.717) is 5.75 Å². The van der Waals surface area contributed by atoms with Gasteiger partial charge in [0.05, 0.1) is 18.9 Å². The van der Waals surface area contributed by atoms with Crippen LogP contribution in [0.15, 0.2) is 35.5 Å². The summed E-state index contributed by atoms with van der Waals surface area (Å²) in [5.74, 6) is 1.86. The Morgan fingerprint density at radius 1 is 1.50 bits per heavy atom. The topological polar surface area (TPSA) is 69.0 Å². The lowest BCUT2D eigenvalue weighted by Crippen LogP contribution is -2.30. The van der Waals surface area contributed by atoms with Crippen molar-refractivity contribution in [3.05, 3.63) is 36.4 Å². The lowest BCUT2D eigenvalue weighted by atomic mass is 10.3. The summed E-state index contributed by atoms with van der Waals surface area (Å²) in [5.41, 5.74) is 0. The van der Waals surface area contributed by atoms with Gasteiger partial charge in [-0.05, 0) is 32.0 Å². The minimum Gasteiger partial charge on any atom is -0.497 e. The molecule has 2 rings (SSSR count). The Bertz CT molecular complexity index is 630. The highest BCUT2D eigenvalue weighted by Gasteiger charge is 2.15. The van der Waals surface area contributed by atoms with Gasteiger partial charge >= 0.3 is 0 Å². The van der Waals surface area contributed by atoms with Crippen LogP contribution in [0.1, 0.15) is 25.7 Å². The second-order valence-corrected chi connectivity index (χ2v) is 5.74. The van der Waals surface area contributed by atoms with Crippen molar-refractivity contribution in [2.24, 2.45) is 0 Å². The fourth-order valence-electron chi connectivity index (χ4n) is 2.04. The van der Waals surface area contributed by atoms with Crippen LogP contribution < -0.4 is 10.1 Å². The number of nitrogens with one attached hydrogen (secondary N) is 1. The molecule has 0 saturated heterocycles. The molecule has 6 nitrogen and oxygen atoms in total. The molecule has 1 aromatic carbocycles. The number of hydrogen-bond acceptors (Lipinski definition) is 5. The molecule has 0 aliphatic carbocycles. The molecule has 0 saturated carbocycles. The first-order valence-electron chi connectivity index (χ1n) is 7.08. The van der Waals surface area contributed by atoms with Crippen LogP contribution in [-0.4, -0.2) is 33.5 Å². The van der Waals surface area contributed by atoms with Crippen molar-refractivity contribution >= 4 is 17.7 Å². The van der Waals surface area contributed by atoms with Crippen molar-refractivity contribution in [3.63, 3.8) is 0 Å². The van der Waals surface area contributed by atoms with Gasteiger partial charge in [0, 0.05) is 11.4 Å². The summed E-state index contributed by atoms with van der Waals surface area (Å²) in [6, 6.07) is 7.49. The molecule has 2 aromatic rings. The highest BCUT2D eigenvalue weighted by molar-refractivity contribution is 8.00. The van der Waals surface area contributed by atoms with E-state index in [1.807, 2.05) is 38.1 Å². The number of aromatic nitrogens is 3. The van der Waals surface area contributed by atoms with Crippen LogP contribution in [0.4, 0.5) is 0 Å². The van der Waals surface area contributed by atoms with E-state index in [-0.39, 0.29) is 11.9 Å². The van der Waals surface area contributed by atoms with E-state index in [9.17, 15) is 4.79 Å². The largest absolute Gasteiger partial charge is 0.497 e. The van der Waals surface area contributed by atoms with E-state index in [0.717, 1.165) is 23.0 Å². The van der Waals surface area contributed by atoms with Crippen LogP contribution in [0.5, 0.6) is 5.75 Å². The Kier molecular flexibility index (Phi) is 5.83. The van der Waals surface area contributed by atoms with Crippen LogP contribution in [0, 0.1) is 0 Å². The van der Waals surface area contributed by atoms with Gasteiger partial charge < -0.3 is 10.1 Å². The highest BCUT2D eigenvalue weighted by Crippen LogP contribution is 2.22. The lowest BCUT2D eigenvalue weighted by molar-refractivity contribution is -0.119. The predicted molar refractivity (Wildman–Crippen MR) is 86.0 cm³/mol. The zero-order valence-corrected chi connectivity index (χ0v) is 13.8. The van der Waals surface area contributed by atoms with Gasteiger partial charge in [-0.25, -0.2) is 9.67 Å². The summed E-state index contributed by atoms with van der Waals surface area (Å²) >= 11 is 1.47. The van der Waals surface area contributed by atoms with Crippen molar-refractivity contribution < 1.29 is 9.53 Å². The third-order valence-corrected chi connectivity index (χ3v) is 4.11. The molecule has 7 heteroatoms. The Morgan fingerprint density at radius 3 is 3.05 bits per heavy atom. The SMILES string of the molecule is CCn1ncnc1[C@@H](C)NC(=O)CSc1cccc(OC)c1. The number of rotatable bonds is 7. The van der Waals surface area contributed by atoms with Crippen molar-refractivity contribution in [3.8, 4) is 5.75 Å². The summed E-state index contributed by atoms with van der Waals surface area (Å²) in [6.07, 6.45) is 1.51. The fraction of sp³-hybridized carbons (Fsp3) is 0.400. The van der Waals surface area contributed by atoms with Gasteiger partial charge in [0.15, 0.2) is 0 Å². The summed E-state index contributed by atoms with van der Waals surface area (Å²) in [4.78, 5) is 17.2. The highest BCUT2D eigenvalue weighted by atomic mass is 32.2. The quantitative estimate of drug-likeness (QED) is 0.793. The Morgan fingerprint density at radius 2 is 2.32 bits per heavy atom. The van der Waals surface area contributed by atoms with Crippen LogP contribution in [-0.2, 0) is 11.3 Å². The Hall–Kier alpha value is -2.02. The van der Waals surface area contributed by atoms with E-state index in [4.69, 9.17) is 4.74 Å². The molecule has 0 bridgehead atoms. The van der Waals surface area contributed by atoms with Crippen LogP contribution in [0.2, 0.25) is 0 Å². The lowest BCUT2D eigenvalue weighted by Gasteiger charge is -2.13. The van der Waals surface area contributed by atoms with Gasteiger partial charge in [0.1, 0.15) is 17.9 Å². The van der Waals surface area contributed by atoms with Crippen molar-refractivity contribution in [2.45, 2.75) is 31.3 Å². The number of methoxy groups -OCH3 is 1. The second-order valence-electron chi connectivity index (χ2n) is 4.69. The number of amides is 1. The van der Waals surface area contributed by atoms with Crippen molar-refractivity contribution in [1.82, 2.24) is 20.1 Å². The predicted octanol–water partition coefficient (Wildman–Crippen LogP) is 2.28. The minimum absolute atomic E-state index is 0.0361. The van der Waals surface area contributed by atoms with Crippen molar-refractivity contribution in [1.29, 1.82) is 0 Å². The average molecular weight is 320 g/mol. The number of nitrogens with zero attached hydrogens (tertiary/aromatic N) is 3. The van der Waals surface area contributed by atoms with E-state index >= 15 is 0 Å². The fourth-order valence-corrected chi connectivity index (χ4v) is 2.80. The first kappa shape index (κ1) is 16.4. The number of thioether (sulfide) groups is 1. The third-order valence-electron chi connectivity index (χ3n) is 3.12. The van der Waals surface area contributed by atoms with Gasteiger partial charge in [-0.3, -0.25) is 4.79 Å². The Labute approximate surface area is 134 Å². The second kappa shape index (κ2) is 7.84. The van der Waals surface area contributed by atoms with Gasteiger partial charge in [-0.2, -0.15) is 5.10 Å². The average Bonchev–Trinajstić information content (AvgIpc) is 3.02. The molecule has 0 fully saturated rings. The molecule has 0 aliphatic heterocycles. The summed E-state index contributed by atoms with van der Waals surface area (Å²) in [6.45, 7) is 4.63. The van der Waals surface area contributed by atoms with Gasteiger partial charge in [0.25, 0.3) is 0 Å². The van der Waals surface area contributed by atoms with E-state index in [2.05, 4.69) is 15.4 Å². The van der Waals surface area contributed by atoms with E-state index in [1.165, 1.54) is 18.1 Å². The molecule has 0 spiro atoms. The zero-order chi connectivity index (χ0) is 15.9. The van der Waals surface area contributed by atoms with Crippen LogP contribution in [0.25, 0.3) is 0 Å². The van der Waals surface area contributed by atoms with Gasteiger partial charge in [0.2, 0.25) is 5.91 Å². The van der Waals surface area contributed by atoms with Gasteiger partial charge in [-0.15, -0.1) is 11.8 Å². The number of benzene rings is 1. The van der Waals surface area contributed by atoms with Crippen LogP contribution >= 0.6 is 11.8 Å². The number of carbonyl (C=O) groups is 1. The van der Waals surface area contributed by atoms with E-state index in [1.54, 1.807) is 11.8 Å². The van der Waals surface area contributed by atoms with E-state index < -0.39 is 0 Å². The first-order chi connectivity index (χ1) is 10.6. The summed E-state index contributed by atoms with van der Waals surface area (Å²) in [5, 5.41) is 7.05. The molecule has 0 radical (unpaired) electrons. The molecular weight excluding hydrogens is 300 g/mol. The molecule has 0 aliphatic rings. The maximum Gasteiger partial charge on any atom is 0.230 e. The molecule has 0 unspecified atom stereocenters. The van der Waals surface area contributed by atoms with Crippen molar-refractivity contribution in [2.75, 3.05) is 12.9 Å². The number of ether oxygens (including phenoxy) is 1. The first-order valence-corrected chi connectivity index (χ1v) is 8.06. The summed E-state index contributed by atoms with van der Waals surface area (Å²) in [7, 11) is 1.63. The molecular formula is C15H20N4O2S. The smallest absolute Gasteiger partial charge is 0.230 e. The monoisotopic (exact) mass is 320 g/mol. The zero-order valence-electron chi connectivity index (χ0n) is 12.9. The molecule has 1 amide bonds. The number of carbonyl (C=O) groups excluding carboxylic acids is 1. The molecule has 118 valence electrons. The Balaban J connectivity index is 1.87. The summed E-state index contributed by atoms with van der Waals surface area (Å²) < 4.78 is 6.95. The van der Waals surface area contributed by atoms with Crippen LogP contribution in [0.3, 0.4) is 0 Å². The molecule has 1 atom stereocenters. The normalized spacial score (nSPS) is 12.0. The molecule has 22 heavy (non-hydrogen) atoms. The standard InChI is InChI=1S/C15H20N4O2S/c1-4-19-15(16-10-17-19)11(2)18-14(20)9-22-13-7-5-6-12(8-13)21-3/h5-8,10-11H,4,9H2,1-3H3,(H,18,20)/t11-/m1/s1. The maximum absolute atomic E-state index is 12.1. The molecule has 1 aromatic heterocycles. The molecule has 1 heterocycles. The number of aryl methyl sites for hydroxylation is 1. The number of hydrogen-bond donors (Lipinski definition) is 1. The van der Waals surface area contributed by atoms with Gasteiger partial charge in [-0.1, -0.05) is 6.07 Å². The maximum atomic E-state index is 12.1. The molecule has 1 N–H and O–H groups in total. The minimum atomic E-state index is -0.166.